The van der Waals surface area contributed by atoms with Crippen molar-refractivity contribution >= 4 is 10.6 Å². The van der Waals surface area contributed by atoms with E-state index in [0.717, 1.165) is 10.8 Å². The molecular weight excluding hydrogens is 274 g/mol. The van der Waals surface area contributed by atoms with Crippen molar-refractivity contribution in [3.63, 3.8) is 0 Å². The van der Waals surface area contributed by atoms with Gasteiger partial charge in [0.1, 0.15) is 0 Å². The number of alkyl halides is 6. The van der Waals surface area contributed by atoms with Gasteiger partial charge in [-0.25, -0.2) is 0 Å². The van der Waals surface area contributed by atoms with Crippen molar-refractivity contribution in [2.24, 2.45) is 0 Å². The third-order valence-electron chi connectivity index (χ3n) is 1.28. The van der Waals surface area contributed by atoms with Crippen LogP contribution < -0.4 is 0 Å². The van der Waals surface area contributed by atoms with E-state index in [4.69, 9.17) is 0 Å². The average molecular weight is 284 g/mol. The maximum Gasteiger partial charge on any atom is 0.414 e. The largest absolute Gasteiger partial charge is 0.414 e. The van der Waals surface area contributed by atoms with E-state index < -0.39 is 36.2 Å². The molecular formula is C8H10F6O2S. The molecule has 0 radical (unpaired) electrons. The van der Waals surface area contributed by atoms with Gasteiger partial charge in [0.05, 0.1) is 0 Å². The zero-order chi connectivity index (χ0) is 13.7. The molecule has 0 saturated carbocycles. The van der Waals surface area contributed by atoms with Crippen LogP contribution >= 0.6 is 10.6 Å². The highest BCUT2D eigenvalue weighted by Crippen LogP contribution is 2.54. The average Bonchev–Trinajstić information content (AvgIpc) is 2.16. The fourth-order valence-corrected chi connectivity index (χ4v) is 1.84. The lowest BCUT2D eigenvalue weighted by atomic mass is 10.7. The monoisotopic (exact) mass is 284 g/mol. The van der Waals surface area contributed by atoms with Crippen molar-refractivity contribution in [3.05, 3.63) is 24.0 Å². The minimum absolute atomic E-state index is 0.748. The Labute approximate surface area is 95.6 Å². The maximum absolute atomic E-state index is 11.9. The summed E-state index contributed by atoms with van der Waals surface area (Å²) in [4.78, 5) is 0. The minimum Gasteiger partial charge on any atom is -0.267 e. The molecule has 102 valence electrons. The molecule has 0 aliphatic rings. The Kier molecular flexibility index (Phi) is 5.56. The Morgan fingerprint density at radius 3 is 1.29 bits per heavy atom. The zero-order valence-electron chi connectivity index (χ0n) is 8.48. The zero-order valence-corrected chi connectivity index (χ0v) is 9.29. The summed E-state index contributed by atoms with van der Waals surface area (Å²) in [6.07, 6.45) is -9.35. The lowest BCUT2D eigenvalue weighted by Gasteiger charge is -2.36. The summed E-state index contributed by atoms with van der Waals surface area (Å²) in [6, 6.07) is 0. The second-order valence-corrected chi connectivity index (χ2v) is 4.99. The van der Waals surface area contributed by atoms with E-state index >= 15 is 0 Å². The second kappa shape index (κ2) is 5.78. The van der Waals surface area contributed by atoms with Crippen LogP contribution in [0.25, 0.3) is 0 Å². The SMILES string of the molecule is C=CS(C=C)(OCC(F)(F)F)OCC(F)(F)F. The Morgan fingerprint density at radius 1 is 0.824 bits per heavy atom. The van der Waals surface area contributed by atoms with Gasteiger partial charge in [-0.15, -0.1) is 10.6 Å². The Morgan fingerprint density at radius 2 is 1.12 bits per heavy atom. The van der Waals surface area contributed by atoms with E-state index in [0.29, 0.717) is 0 Å². The summed E-state index contributed by atoms with van der Waals surface area (Å²) < 4.78 is 79.8. The molecule has 0 aromatic carbocycles. The molecule has 0 aliphatic heterocycles. The fourth-order valence-electron chi connectivity index (χ4n) is 0.612. The van der Waals surface area contributed by atoms with Gasteiger partial charge in [-0.3, -0.25) is 8.37 Å². The van der Waals surface area contributed by atoms with E-state index in [1.165, 1.54) is 0 Å². The number of hydrogen-bond acceptors (Lipinski definition) is 2. The summed E-state index contributed by atoms with van der Waals surface area (Å²) in [7, 11) is -3.25. The Bertz CT molecular complexity index is 244. The lowest BCUT2D eigenvalue weighted by Crippen LogP contribution is -2.22. The summed E-state index contributed by atoms with van der Waals surface area (Å²) in [5.41, 5.74) is 0. The molecule has 0 bridgehead atoms. The molecule has 0 N–H and O–H groups in total. The number of hydrogen-bond donors (Lipinski definition) is 0. The molecule has 17 heavy (non-hydrogen) atoms. The van der Waals surface area contributed by atoms with Crippen molar-refractivity contribution in [1.82, 2.24) is 0 Å². The van der Waals surface area contributed by atoms with Crippen molar-refractivity contribution in [2.45, 2.75) is 12.4 Å². The van der Waals surface area contributed by atoms with Crippen LogP contribution in [0.1, 0.15) is 0 Å². The number of rotatable bonds is 6. The predicted molar refractivity (Wildman–Crippen MR) is 52.0 cm³/mol. The highest BCUT2D eigenvalue weighted by atomic mass is 32.3. The predicted octanol–water partition coefficient (Wildman–Crippen LogP) is 4.07. The highest BCUT2D eigenvalue weighted by Gasteiger charge is 2.34. The van der Waals surface area contributed by atoms with Gasteiger partial charge in [-0.1, -0.05) is 13.2 Å². The van der Waals surface area contributed by atoms with Crippen molar-refractivity contribution < 1.29 is 34.7 Å². The maximum atomic E-state index is 11.9. The third-order valence-corrected chi connectivity index (χ3v) is 3.18. The quantitative estimate of drug-likeness (QED) is 0.685. The Balaban J connectivity index is 4.57. The summed E-state index contributed by atoms with van der Waals surface area (Å²) in [5.74, 6) is 0. The van der Waals surface area contributed by atoms with Crippen LogP contribution in [-0.2, 0) is 8.37 Å². The normalized spacial score (nSPS) is 14.5. The van der Waals surface area contributed by atoms with Gasteiger partial charge in [0.15, 0.2) is 13.2 Å². The number of halogens is 6. The van der Waals surface area contributed by atoms with E-state index in [1.807, 2.05) is 0 Å². The summed E-state index contributed by atoms with van der Waals surface area (Å²) >= 11 is 0. The lowest BCUT2D eigenvalue weighted by molar-refractivity contribution is -0.160. The molecule has 0 atom stereocenters. The van der Waals surface area contributed by atoms with Crippen LogP contribution in [0.3, 0.4) is 0 Å². The molecule has 0 amide bonds. The van der Waals surface area contributed by atoms with Gasteiger partial charge in [0.2, 0.25) is 0 Å². The van der Waals surface area contributed by atoms with Crippen molar-refractivity contribution in [1.29, 1.82) is 0 Å². The summed E-state index contributed by atoms with van der Waals surface area (Å²) in [5, 5.41) is 1.50. The molecule has 0 saturated heterocycles. The molecule has 0 unspecified atom stereocenters. The van der Waals surface area contributed by atoms with Crippen LogP contribution in [0.4, 0.5) is 26.3 Å². The van der Waals surface area contributed by atoms with Crippen molar-refractivity contribution in [2.75, 3.05) is 13.2 Å². The van der Waals surface area contributed by atoms with Gasteiger partial charge in [0.25, 0.3) is 0 Å². The first-order valence-corrected chi connectivity index (χ1v) is 5.65. The molecule has 0 aromatic rings. The smallest absolute Gasteiger partial charge is 0.267 e. The van der Waals surface area contributed by atoms with Crippen LogP contribution in [0.2, 0.25) is 0 Å². The Hall–Kier alpha value is -0.670. The van der Waals surface area contributed by atoms with Crippen molar-refractivity contribution in [3.8, 4) is 0 Å². The minimum atomic E-state index is -4.67. The molecule has 0 heterocycles. The van der Waals surface area contributed by atoms with Gasteiger partial charge in [-0.2, -0.15) is 26.3 Å². The van der Waals surface area contributed by atoms with E-state index in [1.54, 1.807) is 0 Å². The molecule has 0 rings (SSSR count). The van der Waals surface area contributed by atoms with Gasteiger partial charge in [-0.05, 0) is 0 Å². The van der Waals surface area contributed by atoms with Crippen LogP contribution in [0, 0.1) is 0 Å². The third kappa shape index (κ3) is 7.29. The molecule has 9 heteroatoms. The molecule has 0 spiro atoms. The van der Waals surface area contributed by atoms with Crippen LogP contribution in [-0.4, -0.2) is 25.6 Å². The first-order valence-electron chi connectivity index (χ1n) is 4.04. The van der Waals surface area contributed by atoms with E-state index in [-0.39, 0.29) is 0 Å². The van der Waals surface area contributed by atoms with Crippen LogP contribution in [0.15, 0.2) is 24.0 Å². The van der Waals surface area contributed by atoms with Crippen LogP contribution in [0.5, 0.6) is 0 Å². The fraction of sp³-hybridized carbons (Fsp3) is 0.500. The topological polar surface area (TPSA) is 18.5 Å². The van der Waals surface area contributed by atoms with E-state index in [9.17, 15) is 26.3 Å². The van der Waals surface area contributed by atoms with E-state index in [2.05, 4.69) is 21.5 Å². The molecule has 0 fully saturated rings. The highest BCUT2D eigenvalue weighted by molar-refractivity contribution is 8.30. The standard InChI is InChI=1S/C8H10F6O2S/c1-3-17(4-2,15-5-7(9,10)11)16-6-8(12,13)14/h3-4H,1-2,5-6H2. The molecule has 2 nitrogen and oxygen atoms in total. The molecule has 0 aliphatic carbocycles. The first-order chi connectivity index (χ1) is 7.54. The summed E-state index contributed by atoms with van der Waals surface area (Å²) in [6.45, 7) is 2.70. The molecule has 0 aromatic heterocycles. The second-order valence-electron chi connectivity index (χ2n) is 2.68. The first kappa shape index (κ1) is 16.3. The van der Waals surface area contributed by atoms with Gasteiger partial charge < -0.3 is 0 Å². The van der Waals surface area contributed by atoms with Gasteiger partial charge in [0, 0.05) is 10.8 Å². The van der Waals surface area contributed by atoms with Gasteiger partial charge >= 0.3 is 12.4 Å².